The molecule has 3 heterocycles. The van der Waals surface area contributed by atoms with E-state index < -0.39 is 11.8 Å². The highest BCUT2D eigenvalue weighted by atomic mass is 32.2. The second kappa shape index (κ2) is 8.30. The molecule has 4 rings (SSSR count). The summed E-state index contributed by atoms with van der Waals surface area (Å²) in [6, 6.07) is 9.58. The lowest BCUT2D eigenvalue weighted by molar-refractivity contribution is -0.136. The van der Waals surface area contributed by atoms with Gasteiger partial charge in [0.05, 0.1) is 17.7 Å². The summed E-state index contributed by atoms with van der Waals surface area (Å²) in [4.78, 5) is 28.6. The molecule has 0 spiro atoms. The Morgan fingerprint density at radius 1 is 1.14 bits per heavy atom. The molecule has 0 atom stereocenters. The summed E-state index contributed by atoms with van der Waals surface area (Å²) in [6.07, 6.45) is 6.00. The summed E-state index contributed by atoms with van der Waals surface area (Å²) < 4.78 is 3.63. The van der Waals surface area contributed by atoms with E-state index in [0.29, 0.717) is 18.8 Å². The van der Waals surface area contributed by atoms with Crippen LogP contribution in [0.25, 0.3) is 5.69 Å². The number of nitrogens with zero attached hydrogens (tertiary/aromatic N) is 4. The number of fused-ring (bicyclic) bond motifs is 1. The van der Waals surface area contributed by atoms with E-state index in [0.717, 1.165) is 35.0 Å². The number of aryl methyl sites for hydroxylation is 1. The lowest BCUT2D eigenvalue weighted by Gasteiger charge is -2.11. The van der Waals surface area contributed by atoms with E-state index in [1.807, 2.05) is 41.1 Å². The third kappa shape index (κ3) is 3.94. The molecule has 0 radical (unpaired) electrons. The molecule has 28 heavy (non-hydrogen) atoms. The molecule has 0 saturated carbocycles. The van der Waals surface area contributed by atoms with Gasteiger partial charge in [0.15, 0.2) is 0 Å². The molecule has 3 aromatic rings. The second-order valence-corrected chi connectivity index (χ2v) is 7.36. The quantitative estimate of drug-likeness (QED) is 0.491. The normalized spacial score (nSPS) is 12.6. The van der Waals surface area contributed by atoms with Crippen LogP contribution in [0.3, 0.4) is 0 Å². The van der Waals surface area contributed by atoms with Gasteiger partial charge in [-0.15, -0.1) is 0 Å². The molecule has 1 aliphatic rings. The summed E-state index contributed by atoms with van der Waals surface area (Å²) in [5.74, 6) is 0.818. The molecular weight excluding hydrogens is 376 g/mol. The van der Waals surface area contributed by atoms with E-state index >= 15 is 0 Å². The fourth-order valence-corrected chi connectivity index (χ4v) is 4.06. The van der Waals surface area contributed by atoms with Crippen LogP contribution in [0.1, 0.15) is 17.7 Å². The lowest BCUT2D eigenvalue weighted by atomic mass is 10.2. The van der Waals surface area contributed by atoms with Gasteiger partial charge in [0.25, 0.3) is 0 Å². The van der Waals surface area contributed by atoms with E-state index in [9.17, 15) is 9.59 Å². The highest BCUT2D eigenvalue weighted by Gasteiger charge is 2.26. The number of hydrogen-bond donors (Lipinski definition) is 2. The number of imidazole rings is 1. The third-order valence-corrected chi connectivity index (χ3v) is 5.40. The van der Waals surface area contributed by atoms with Crippen LogP contribution < -0.4 is 10.6 Å². The van der Waals surface area contributed by atoms with Crippen molar-refractivity contribution in [3.05, 3.63) is 60.3 Å². The van der Waals surface area contributed by atoms with Crippen LogP contribution in [0.2, 0.25) is 0 Å². The smallest absolute Gasteiger partial charge is 0.314 e. The predicted octanol–water partition coefficient (Wildman–Crippen LogP) is 1.96. The SMILES string of the molecule is O=C(NCCCn1ccnc1)C(=O)Nc1c2c(nn1-c1ccccc1)CSC2. The maximum Gasteiger partial charge on any atom is 0.314 e. The van der Waals surface area contributed by atoms with Gasteiger partial charge < -0.3 is 15.2 Å². The monoisotopic (exact) mass is 396 g/mol. The zero-order chi connectivity index (χ0) is 19.3. The molecule has 1 aromatic carbocycles. The second-order valence-electron chi connectivity index (χ2n) is 6.38. The molecule has 9 heteroatoms. The largest absolute Gasteiger partial charge is 0.348 e. The molecular formula is C19H20N6O2S. The number of carbonyl (C=O) groups excluding carboxylic acids is 2. The first-order chi connectivity index (χ1) is 13.7. The van der Waals surface area contributed by atoms with Gasteiger partial charge in [-0.3, -0.25) is 9.59 Å². The van der Waals surface area contributed by atoms with Crippen molar-refractivity contribution in [3.63, 3.8) is 0 Å². The van der Waals surface area contributed by atoms with Gasteiger partial charge >= 0.3 is 11.8 Å². The number of aromatic nitrogens is 4. The number of carbonyl (C=O) groups is 2. The fourth-order valence-electron chi connectivity index (χ4n) is 3.02. The summed E-state index contributed by atoms with van der Waals surface area (Å²) in [5.41, 5.74) is 2.78. The molecule has 0 saturated heterocycles. The number of benzene rings is 1. The Labute approximate surface area is 166 Å². The number of para-hydroxylation sites is 1. The van der Waals surface area contributed by atoms with Crippen molar-refractivity contribution in [3.8, 4) is 5.69 Å². The Balaban J connectivity index is 1.40. The average molecular weight is 396 g/mol. The average Bonchev–Trinajstić information content (AvgIpc) is 3.45. The number of hydrogen-bond acceptors (Lipinski definition) is 5. The van der Waals surface area contributed by atoms with E-state index in [4.69, 9.17) is 0 Å². The molecule has 1 aliphatic heterocycles. The van der Waals surface area contributed by atoms with Gasteiger partial charge in [-0.1, -0.05) is 18.2 Å². The van der Waals surface area contributed by atoms with Crippen molar-refractivity contribution in [2.24, 2.45) is 0 Å². The molecule has 0 aliphatic carbocycles. The highest BCUT2D eigenvalue weighted by Crippen LogP contribution is 2.35. The van der Waals surface area contributed by atoms with Crippen molar-refractivity contribution in [1.82, 2.24) is 24.6 Å². The Morgan fingerprint density at radius 2 is 2.00 bits per heavy atom. The first kappa shape index (κ1) is 18.3. The zero-order valence-corrected chi connectivity index (χ0v) is 16.0. The minimum Gasteiger partial charge on any atom is -0.348 e. The molecule has 8 nitrogen and oxygen atoms in total. The van der Waals surface area contributed by atoms with Gasteiger partial charge in [0, 0.05) is 42.6 Å². The van der Waals surface area contributed by atoms with Gasteiger partial charge in [0.2, 0.25) is 0 Å². The Hall–Kier alpha value is -3.07. The van der Waals surface area contributed by atoms with Crippen molar-refractivity contribution < 1.29 is 9.59 Å². The van der Waals surface area contributed by atoms with Crippen LogP contribution in [0.5, 0.6) is 0 Å². The summed E-state index contributed by atoms with van der Waals surface area (Å²) in [6.45, 7) is 1.14. The van der Waals surface area contributed by atoms with Crippen molar-refractivity contribution in [1.29, 1.82) is 0 Å². The standard InChI is InChI=1S/C19H20N6O2S/c26-18(21-7-4-9-24-10-8-20-13-24)19(27)22-17-15-11-28-12-16(15)23-25(17)14-5-2-1-3-6-14/h1-3,5-6,8,10,13H,4,7,9,11-12H2,(H,21,26)(H,22,27). The predicted molar refractivity (Wildman–Crippen MR) is 107 cm³/mol. The molecule has 2 amide bonds. The van der Waals surface area contributed by atoms with Crippen molar-refractivity contribution in [2.45, 2.75) is 24.5 Å². The fraction of sp³-hybridized carbons (Fsp3) is 0.263. The van der Waals surface area contributed by atoms with Crippen LogP contribution in [0.15, 0.2) is 49.1 Å². The zero-order valence-electron chi connectivity index (χ0n) is 15.2. The van der Waals surface area contributed by atoms with Crippen LogP contribution in [0.4, 0.5) is 5.82 Å². The number of amides is 2. The maximum atomic E-state index is 12.4. The van der Waals surface area contributed by atoms with Gasteiger partial charge in [0.1, 0.15) is 5.82 Å². The van der Waals surface area contributed by atoms with Crippen molar-refractivity contribution in [2.75, 3.05) is 11.9 Å². The third-order valence-electron chi connectivity index (χ3n) is 4.43. The molecule has 144 valence electrons. The van der Waals surface area contributed by atoms with Crippen LogP contribution in [-0.2, 0) is 27.6 Å². The minimum atomic E-state index is -0.681. The Kier molecular flexibility index (Phi) is 5.43. The van der Waals surface area contributed by atoms with E-state index in [1.54, 1.807) is 29.0 Å². The topological polar surface area (TPSA) is 93.8 Å². The first-order valence-corrected chi connectivity index (χ1v) is 10.2. The number of anilines is 1. The van der Waals surface area contributed by atoms with Crippen LogP contribution >= 0.6 is 11.8 Å². The highest BCUT2D eigenvalue weighted by molar-refractivity contribution is 7.98. The number of rotatable bonds is 6. The van der Waals surface area contributed by atoms with Gasteiger partial charge in [-0.05, 0) is 18.6 Å². The first-order valence-electron chi connectivity index (χ1n) is 9.01. The molecule has 2 N–H and O–H groups in total. The van der Waals surface area contributed by atoms with Crippen LogP contribution in [-0.4, -0.2) is 37.7 Å². The molecule has 2 aromatic heterocycles. The van der Waals surface area contributed by atoms with Crippen molar-refractivity contribution >= 4 is 29.4 Å². The van der Waals surface area contributed by atoms with E-state index in [2.05, 4.69) is 20.7 Å². The number of thioether (sulfide) groups is 1. The Bertz CT molecular complexity index is 968. The maximum absolute atomic E-state index is 12.4. The summed E-state index contributed by atoms with van der Waals surface area (Å²) in [5, 5.41) is 10.0. The molecule has 0 unspecified atom stereocenters. The Morgan fingerprint density at radius 3 is 2.79 bits per heavy atom. The molecule has 0 fully saturated rings. The lowest BCUT2D eigenvalue weighted by Crippen LogP contribution is -2.36. The van der Waals surface area contributed by atoms with Gasteiger partial charge in [-0.25, -0.2) is 9.67 Å². The van der Waals surface area contributed by atoms with Crippen LogP contribution in [0, 0.1) is 0 Å². The summed E-state index contributed by atoms with van der Waals surface area (Å²) in [7, 11) is 0. The summed E-state index contributed by atoms with van der Waals surface area (Å²) >= 11 is 1.74. The number of nitrogens with one attached hydrogen (secondary N) is 2. The minimum absolute atomic E-state index is 0.413. The van der Waals surface area contributed by atoms with E-state index in [1.165, 1.54) is 0 Å². The van der Waals surface area contributed by atoms with Gasteiger partial charge in [-0.2, -0.15) is 16.9 Å². The van der Waals surface area contributed by atoms with E-state index in [-0.39, 0.29) is 0 Å². The molecule has 0 bridgehead atoms.